The van der Waals surface area contributed by atoms with Crippen LogP contribution in [-0.2, 0) is 10.0 Å². The van der Waals surface area contributed by atoms with Gasteiger partial charge in [-0.15, -0.1) is 0 Å². The number of hydrogen-bond acceptors (Lipinski definition) is 5. The number of aryl methyl sites for hydroxylation is 1. The highest BCUT2D eigenvalue weighted by atomic mass is 32.2. The summed E-state index contributed by atoms with van der Waals surface area (Å²) in [5.74, 6) is 0. The highest BCUT2D eigenvalue weighted by Crippen LogP contribution is 2.27. The molecule has 0 bridgehead atoms. The largest absolute Gasteiger partial charge is 0.392 e. The quantitative estimate of drug-likeness (QED) is 0.650. The van der Waals surface area contributed by atoms with Crippen molar-refractivity contribution in [1.29, 1.82) is 0 Å². The van der Waals surface area contributed by atoms with E-state index >= 15 is 0 Å². The van der Waals surface area contributed by atoms with Crippen molar-refractivity contribution < 1.29 is 13.5 Å². The third-order valence-electron chi connectivity index (χ3n) is 3.56. The lowest BCUT2D eigenvalue weighted by Crippen LogP contribution is -2.31. The molecule has 1 atom stereocenters. The number of rotatable bonds is 5. The first kappa shape index (κ1) is 16.6. The van der Waals surface area contributed by atoms with E-state index in [0.717, 1.165) is 27.9 Å². The standard InChI is InChI=1S/C16H18N4O3S/c1-10-7-14-13(5-6-17-16(14)20-10)12-3-4-15(18-9-12)24(22,23)19-8-11(2)21/h3-7,9,11,19,21H,8H2,1-2H3,(H,17,20)/t11-/m1/s1. The minimum absolute atomic E-state index is 0.0562. The van der Waals surface area contributed by atoms with Gasteiger partial charge < -0.3 is 10.1 Å². The normalized spacial score (nSPS) is 13.3. The molecular weight excluding hydrogens is 328 g/mol. The van der Waals surface area contributed by atoms with Gasteiger partial charge in [-0.3, -0.25) is 0 Å². The minimum Gasteiger partial charge on any atom is -0.392 e. The molecule has 0 saturated heterocycles. The van der Waals surface area contributed by atoms with Crippen LogP contribution in [0.4, 0.5) is 0 Å². The van der Waals surface area contributed by atoms with Crippen LogP contribution in [0.25, 0.3) is 22.2 Å². The van der Waals surface area contributed by atoms with Gasteiger partial charge in [-0.25, -0.2) is 23.1 Å². The van der Waals surface area contributed by atoms with Crippen LogP contribution in [0.2, 0.25) is 0 Å². The van der Waals surface area contributed by atoms with Crippen LogP contribution in [-0.4, -0.2) is 41.1 Å². The molecule has 3 aromatic heterocycles. The second-order valence-electron chi connectivity index (χ2n) is 5.66. The summed E-state index contributed by atoms with van der Waals surface area (Å²) < 4.78 is 26.5. The number of H-pyrrole nitrogens is 1. The molecule has 0 radical (unpaired) electrons. The molecule has 0 aliphatic carbocycles. The maximum Gasteiger partial charge on any atom is 0.258 e. The van der Waals surface area contributed by atoms with E-state index in [-0.39, 0.29) is 11.6 Å². The number of fused-ring (bicyclic) bond motifs is 1. The molecule has 0 unspecified atom stereocenters. The number of hydrogen-bond donors (Lipinski definition) is 3. The molecule has 0 aliphatic heterocycles. The fourth-order valence-electron chi connectivity index (χ4n) is 2.41. The van der Waals surface area contributed by atoms with Gasteiger partial charge in [-0.05, 0) is 43.7 Å². The van der Waals surface area contributed by atoms with Gasteiger partial charge in [0.2, 0.25) is 0 Å². The summed E-state index contributed by atoms with van der Waals surface area (Å²) in [6, 6.07) is 7.02. The van der Waals surface area contributed by atoms with Gasteiger partial charge in [0.05, 0.1) is 6.10 Å². The zero-order chi connectivity index (χ0) is 17.3. The van der Waals surface area contributed by atoms with Crippen molar-refractivity contribution in [2.75, 3.05) is 6.54 Å². The molecule has 126 valence electrons. The number of pyridine rings is 2. The van der Waals surface area contributed by atoms with Crippen LogP contribution in [0.5, 0.6) is 0 Å². The fraction of sp³-hybridized carbons (Fsp3) is 0.250. The maximum atomic E-state index is 12.1. The zero-order valence-corrected chi connectivity index (χ0v) is 14.1. The minimum atomic E-state index is -3.73. The number of aromatic amines is 1. The van der Waals surface area contributed by atoms with Crippen molar-refractivity contribution in [1.82, 2.24) is 19.7 Å². The predicted octanol–water partition coefficient (Wildman–Crippen LogP) is 1.59. The van der Waals surface area contributed by atoms with Crippen LogP contribution in [0, 0.1) is 6.92 Å². The molecule has 7 nitrogen and oxygen atoms in total. The van der Waals surface area contributed by atoms with E-state index in [2.05, 4.69) is 19.7 Å². The number of nitrogens with zero attached hydrogens (tertiary/aromatic N) is 2. The summed E-state index contributed by atoms with van der Waals surface area (Å²) in [6.45, 7) is 3.40. The Kier molecular flexibility index (Phi) is 4.35. The van der Waals surface area contributed by atoms with Gasteiger partial charge in [0.1, 0.15) is 5.65 Å². The van der Waals surface area contributed by atoms with E-state index in [1.54, 1.807) is 12.3 Å². The summed E-state index contributed by atoms with van der Waals surface area (Å²) in [5.41, 5.74) is 3.51. The van der Waals surface area contributed by atoms with Gasteiger partial charge in [0.25, 0.3) is 10.0 Å². The van der Waals surface area contributed by atoms with Crippen molar-refractivity contribution >= 4 is 21.1 Å². The number of aromatic nitrogens is 3. The number of nitrogens with one attached hydrogen (secondary N) is 2. The first-order valence-electron chi connectivity index (χ1n) is 7.45. The van der Waals surface area contributed by atoms with Gasteiger partial charge in [0, 0.05) is 35.6 Å². The SMILES string of the molecule is Cc1cc2c(-c3ccc(S(=O)(=O)NC[C@@H](C)O)nc3)ccnc2[nH]1. The fourth-order valence-corrected chi connectivity index (χ4v) is 3.46. The van der Waals surface area contributed by atoms with E-state index in [4.69, 9.17) is 0 Å². The van der Waals surface area contributed by atoms with E-state index in [9.17, 15) is 13.5 Å². The first-order valence-corrected chi connectivity index (χ1v) is 8.93. The van der Waals surface area contributed by atoms with Gasteiger partial charge in [-0.1, -0.05) is 0 Å². The molecule has 8 heteroatoms. The second-order valence-corrected chi connectivity index (χ2v) is 7.37. The maximum absolute atomic E-state index is 12.1. The second kappa shape index (κ2) is 6.31. The lowest BCUT2D eigenvalue weighted by molar-refractivity contribution is 0.198. The molecule has 3 aromatic rings. The summed E-state index contributed by atoms with van der Waals surface area (Å²) >= 11 is 0. The molecule has 0 saturated carbocycles. The Morgan fingerprint density at radius 1 is 1.29 bits per heavy atom. The van der Waals surface area contributed by atoms with Crippen molar-refractivity contribution in [2.24, 2.45) is 0 Å². The third-order valence-corrected chi connectivity index (χ3v) is 4.90. The summed E-state index contributed by atoms with van der Waals surface area (Å²) in [7, 11) is -3.73. The summed E-state index contributed by atoms with van der Waals surface area (Å²) in [6.07, 6.45) is 2.46. The van der Waals surface area contributed by atoms with E-state index < -0.39 is 16.1 Å². The summed E-state index contributed by atoms with van der Waals surface area (Å²) in [4.78, 5) is 11.5. The Balaban J connectivity index is 1.94. The Morgan fingerprint density at radius 3 is 2.75 bits per heavy atom. The Bertz CT molecular complexity index is 963. The number of aliphatic hydroxyl groups is 1. The first-order chi connectivity index (χ1) is 11.4. The molecule has 0 aromatic carbocycles. The Labute approximate surface area is 139 Å². The van der Waals surface area contributed by atoms with Crippen molar-refractivity contribution in [3.8, 4) is 11.1 Å². The molecule has 0 fully saturated rings. The molecule has 0 spiro atoms. The molecule has 0 aliphatic rings. The third kappa shape index (κ3) is 3.30. The van der Waals surface area contributed by atoms with Crippen LogP contribution >= 0.6 is 0 Å². The van der Waals surface area contributed by atoms with E-state index in [0.29, 0.717) is 0 Å². The van der Waals surface area contributed by atoms with Crippen LogP contribution in [0.1, 0.15) is 12.6 Å². The van der Waals surface area contributed by atoms with Crippen LogP contribution in [0.3, 0.4) is 0 Å². The van der Waals surface area contributed by atoms with Gasteiger partial charge in [-0.2, -0.15) is 0 Å². The van der Waals surface area contributed by atoms with Gasteiger partial charge >= 0.3 is 0 Å². The average Bonchev–Trinajstić information content (AvgIpc) is 2.93. The molecule has 3 rings (SSSR count). The van der Waals surface area contributed by atoms with Crippen molar-refractivity contribution in [3.63, 3.8) is 0 Å². The molecular formula is C16H18N4O3S. The number of sulfonamides is 1. The number of aliphatic hydroxyl groups excluding tert-OH is 1. The Hall–Kier alpha value is -2.29. The lowest BCUT2D eigenvalue weighted by Gasteiger charge is -2.08. The van der Waals surface area contributed by atoms with Crippen molar-refractivity contribution in [2.45, 2.75) is 25.0 Å². The lowest BCUT2D eigenvalue weighted by atomic mass is 10.1. The monoisotopic (exact) mass is 346 g/mol. The van der Waals surface area contributed by atoms with Crippen LogP contribution < -0.4 is 4.72 Å². The van der Waals surface area contributed by atoms with E-state index in [1.807, 2.05) is 19.1 Å². The zero-order valence-electron chi connectivity index (χ0n) is 13.3. The highest BCUT2D eigenvalue weighted by molar-refractivity contribution is 7.89. The predicted molar refractivity (Wildman–Crippen MR) is 90.9 cm³/mol. The molecule has 0 amide bonds. The Morgan fingerprint density at radius 2 is 2.08 bits per heavy atom. The van der Waals surface area contributed by atoms with Crippen LogP contribution in [0.15, 0.2) is 41.7 Å². The molecule has 3 heterocycles. The van der Waals surface area contributed by atoms with Crippen molar-refractivity contribution in [3.05, 3.63) is 42.4 Å². The summed E-state index contributed by atoms with van der Waals surface area (Å²) in [5, 5.41) is 10.1. The van der Waals surface area contributed by atoms with Gasteiger partial charge in [0.15, 0.2) is 5.03 Å². The smallest absolute Gasteiger partial charge is 0.258 e. The average molecular weight is 346 g/mol. The van der Waals surface area contributed by atoms with E-state index in [1.165, 1.54) is 19.2 Å². The molecule has 3 N–H and O–H groups in total. The molecule has 24 heavy (non-hydrogen) atoms. The highest BCUT2D eigenvalue weighted by Gasteiger charge is 2.16. The topological polar surface area (TPSA) is 108 Å².